The smallest absolute Gasteiger partial charge is 0.462 e. The lowest BCUT2D eigenvalue weighted by atomic mass is 10.0. The number of phosphoric acid groups is 1. The lowest BCUT2D eigenvalue weighted by molar-refractivity contribution is -0.870. The Labute approximate surface area is 377 Å². The molecule has 1 N–H and O–H groups in total. The van der Waals surface area contributed by atoms with Crippen molar-refractivity contribution in [2.45, 2.75) is 258 Å². The molecule has 0 aliphatic carbocycles. The van der Waals surface area contributed by atoms with Gasteiger partial charge in [0.15, 0.2) is 6.10 Å². The maximum absolute atomic E-state index is 12.8. The maximum atomic E-state index is 12.8. The third kappa shape index (κ3) is 48.1. The van der Waals surface area contributed by atoms with Crippen LogP contribution in [0.25, 0.3) is 0 Å². The van der Waals surface area contributed by atoms with Crippen molar-refractivity contribution in [1.82, 2.24) is 0 Å². The van der Waals surface area contributed by atoms with Gasteiger partial charge in [-0.05, 0) is 38.5 Å². The molecular weight excluding hydrogens is 786 g/mol. The minimum absolute atomic E-state index is 0.0348. The number of phosphoric ester groups is 1. The summed E-state index contributed by atoms with van der Waals surface area (Å²) in [5.41, 5.74) is 0. The van der Waals surface area contributed by atoms with Crippen molar-refractivity contribution < 1.29 is 42.1 Å². The number of allylic oxidation sites excluding steroid dienone is 2. The second-order valence-electron chi connectivity index (χ2n) is 18.9. The molecule has 0 aromatic heterocycles. The quantitative estimate of drug-likeness (QED) is 0.0212. The van der Waals surface area contributed by atoms with E-state index in [1.807, 2.05) is 21.1 Å². The zero-order valence-electron chi connectivity index (χ0n) is 40.9. The predicted molar refractivity (Wildman–Crippen MR) is 257 cm³/mol. The summed E-state index contributed by atoms with van der Waals surface area (Å²) in [6, 6.07) is 0. The molecular formula is C51H101NO8P+. The van der Waals surface area contributed by atoms with Crippen LogP contribution in [0.4, 0.5) is 0 Å². The zero-order chi connectivity index (χ0) is 45.0. The molecule has 0 rings (SSSR count). The van der Waals surface area contributed by atoms with Gasteiger partial charge in [-0.25, -0.2) is 4.57 Å². The average Bonchev–Trinajstić information content (AvgIpc) is 3.21. The summed E-state index contributed by atoms with van der Waals surface area (Å²) in [7, 11) is 1.49. The van der Waals surface area contributed by atoms with Crippen molar-refractivity contribution in [3.8, 4) is 0 Å². The molecule has 0 saturated carbocycles. The van der Waals surface area contributed by atoms with Gasteiger partial charge >= 0.3 is 19.8 Å². The van der Waals surface area contributed by atoms with E-state index >= 15 is 0 Å². The lowest BCUT2D eigenvalue weighted by Gasteiger charge is -2.24. The van der Waals surface area contributed by atoms with Crippen molar-refractivity contribution in [2.24, 2.45) is 0 Å². The highest BCUT2D eigenvalue weighted by Crippen LogP contribution is 2.43. The van der Waals surface area contributed by atoms with Gasteiger partial charge in [-0.1, -0.05) is 212 Å². The minimum Gasteiger partial charge on any atom is -0.462 e. The van der Waals surface area contributed by atoms with E-state index < -0.39 is 26.5 Å². The summed E-state index contributed by atoms with van der Waals surface area (Å²) < 4.78 is 34.5. The van der Waals surface area contributed by atoms with Crippen LogP contribution in [0.5, 0.6) is 0 Å². The van der Waals surface area contributed by atoms with Gasteiger partial charge in [0, 0.05) is 12.8 Å². The third-order valence-electron chi connectivity index (χ3n) is 11.5. The van der Waals surface area contributed by atoms with Crippen LogP contribution in [0.1, 0.15) is 251 Å². The Hall–Kier alpha value is -1.25. The number of nitrogens with zero attached hydrogens (tertiary/aromatic N) is 1. The fourth-order valence-electron chi connectivity index (χ4n) is 7.48. The number of unbranched alkanes of at least 4 members (excludes halogenated alkanes) is 32. The molecule has 362 valence electrons. The van der Waals surface area contributed by atoms with Gasteiger partial charge in [-0.15, -0.1) is 0 Å². The van der Waals surface area contributed by atoms with E-state index in [0.717, 1.165) is 32.1 Å². The zero-order valence-corrected chi connectivity index (χ0v) is 41.8. The molecule has 0 saturated heterocycles. The molecule has 0 radical (unpaired) electrons. The molecule has 0 fully saturated rings. The molecule has 0 amide bonds. The van der Waals surface area contributed by atoms with Gasteiger partial charge in [0.25, 0.3) is 0 Å². The molecule has 0 bridgehead atoms. The second-order valence-corrected chi connectivity index (χ2v) is 20.4. The number of rotatable bonds is 48. The van der Waals surface area contributed by atoms with Crippen LogP contribution < -0.4 is 0 Å². The highest BCUT2D eigenvalue weighted by atomic mass is 31.2. The molecule has 10 heteroatoms. The van der Waals surface area contributed by atoms with Crippen molar-refractivity contribution in [3.63, 3.8) is 0 Å². The summed E-state index contributed by atoms with van der Waals surface area (Å²) in [4.78, 5) is 35.5. The van der Waals surface area contributed by atoms with Crippen LogP contribution in [0.2, 0.25) is 0 Å². The first-order valence-electron chi connectivity index (χ1n) is 25.9. The SMILES string of the molecule is CCCCCCCCCC/C=C\CCCCCCCCCCCC(=O)OC(COC(=O)CCCCCCCCCCCCCCCCCC)COP(=O)(O)OCC[N+](C)(C)C. The van der Waals surface area contributed by atoms with E-state index in [4.69, 9.17) is 18.5 Å². The third-order valence-corrected chi connectivity index (χ3v) is 12.5. The van der Waals surface area contributed by atoms with Crippen molar-refractivity contribution in [3.05, 3.63) is 12.2 Å². The number of likely N-dealkylation sites (N-methyl/N-ethyl adjacent to an activating group) is 1. The summed E-state index contributed by atoms with van der Waals surface area (Å²) in [6.07, 6.45) is 48.3. The molecule has 0 aliphatic rings. The lowest BCUT2D eigenvalue weighted by Crippen LogP contribution is -2.37. The molecule has 0 aromatic rings. The molecule has 2 unspecified atom stereocenters. The van der Waals surface area contributed by atoms with Gasteiger partial charge in [-0.3, -0.25) is 18.6 Å². The van der Waals surface area contributed by atoms with E-state index in [2.05, 4.69) is 26.0 Å². The monoisotopic (exact) mass is 887 g/mol. The van der Waals surface area contributed by atoms with Crippen LogP contribution in [0.15, 0.2) is 12.2 Å². The molecule has 0 aliphatic heterocycles. The van der Waals surface area contributed by atoms with Gasteiger partial charge in [-0.2, -0.15) is 0 Å². The van der Waals surface area contributed by atoms with E-state index in [9.17, 15) is 19.0 Å². The Kier molecular flexibility index (Phi) is 43.1. The largest absolute Gasteiger partial charge is 0.472 e. The Morgan fingerprint density at radius 3 is 1.21 bits per heavy atom. The van der Waals surface area contributed by atoms with Crippen molar-refractivity contribution >= 4 is 19.8 Å². The van der Waals surface area contributed by atoms with Gasteiger partial charge < -0.3 is 18.9 Å². The van der Waals surface area contributed by atoms with Crippen LogP contribution >= 0.6 is 7.82 Å². The van der Waals surface area contributed by atoms with E-state index in [-0.39, 0.29) is 25.6 Å². The Balaban J connectivity index is 4.21. The summed E-state index contributed by atoms with van der Waals surface area (Å²) >= 11 is 0. The Morgan fingerprint density at radius 1 is 0.492 bits per heavy atom. The fourth-order valence-corrected chi connectivity index (χ4v) is 8.22. The second kappa shape index (κ2) is 44.0. The molecule has 0 spiro atoms. The highest BCUT2D eigenvalue weighted by molar-refractivity contribution is 7.47. The van der Waals surface area contributed by atoms with Crippen LogP contribution in [-0.2, 0) is 32.7 Å². The standard InChI is InChI=1S/C51H100NO8P/c1-6-8-10-12-14-16-18-20-22-24-25-26-27-28-30-32-34-36-38-40-42-44-51(54)60-49(48-59-61(55,56)58-46-45-52(3,4)5)47-57-50(53)43-41-39-37-35-33-31-29-23-21-19-17-15-13-11-9-7-2/h24-25,49H,6-23,26-48H2,1-5H3/p+1/b25-24-. The van der Waals surface area contributed by atoms with Crippen LogP contribution in [0.3, 0.4) is 0 Å². The number of esters is 2. The maximum Gasteiger partial charge on any atom is 0.472 e. The number of hydrogen-bond donors (Lipinski definition) is 1. The first-order valence-corrected chi connectivity index (χ1v) is 27.4. The van der Waals surface area contributed by atoms with Crippen LogP contribution in [-0.4, -0.2) is 74.9 Å². The molecule has 0 aromatic carbocycles. The number of ether oxygens (including phenoxy) is 2. The Morgan fingerprint density at radius 2 is 0.836 bits per heavy atom. The number of carbonyl (C=O) groups is 2. The van der Waals surface area contributed by atoms with E-state index in [1.54, 1.807) is 0 Å². The molecule has 2 atom stereocenters. The van der Waals surface area contributed by atoms with Gasteiger partial charge in [0.05, 0.1) is 27.7 Å². The topological polar surface area (TPSA) is 108 Å². The average molecular weight is 887 g/mol. The summed E-state index contributed by atoms with van der Waals surface area (Å²) in [5, 5.41) is 0. The van der Waals surface area contributed by atoms with Gasteiger partial charge in [0.2, 0.25) is 0 Å². The Bertz CT molecular complexity index is 1050. The van der Waals surface area contributed by atoms with Crippen LogP contribution in [0, 0.1) is 0 Å². The first kappa shape index (κ1) is 59.8. The minimum atomic E-state index is -4.37. The molecule has 0 heterocycles. The van der Waals surface area contributed by atoms with E-state index in [1.165, 1.54) is 186 Å². The number of quaternary nitrogens is 1. The van der Waals surface area contributed by atoms with E-state index in [0.29, 0.717) is 23.9 Å². The summed E-state index contributed by atoms with van der Waals surface area (Å²) in [6.45, 7) is 4.47. The summed E-state index contributed by atoms with van der Waals surface area (Å²) in [5.74, 6) is -0.785. The molecule has 9 nitrogen and oxygen atoms in total. The first-order chi connectivity index (χ1) is 29.5. The fraction of sp³-hybridized carbons (Fsp3) is 0.922. The number of carbonyl (C=O) groups excluding carboxylic acids is 2. The van der Waals surface area contributed by atoms with Crippen molar-refractivity contribution in [1.29, 1.82) is 0 Å². The predicted octanol–water partition coefficient (Wildman–Crippen LogP) is 15.3. The van der Waals surface area contributed by atoms with Gasteiger partial charge in [0.1, 0.15) is 19.8 Å². The molecule has 61 heavy (non-hydrogen) atoms. The number of hydrogen-bond acceptors (Lipinski definition) is 7. The highest BCUT2D eigenvalue weighted by Gasteiger charge is 2.27. The van der Waals surface area contributed by atoms with Crippen molar-refractivity contribution in [2.75, 3.05) is 47.5 Å². The normalized spacial score (nSPS) is 13.5.